The van der Waals surface area contributed by atoms with E-state index in [2.05, 4.69) is 11.1 Å². The Morgan fingerprint density at radius 3 is 1.67 bits per heavy atom. The zero-order valence-electron chi connectivity index (χ0n) is 8.35. The summed E-state index contributed by atoms with van der Waals surface area (Å²) in [4.78, 5) is 27.9. The van der Waals surface area contributed by atoms with E-state index >= 15 is 0 Å². The van der Waals surface area contributed by atoms with E-state index < -0.39 is 24.4 Å². The molecule has 0 bridgehead atoms. The second-order valence-electron chi connectivity index (χ2n) is 1.86. The number of nitrogens with two attached hydrogens (primary N) is 1. The lowest BCUT2D eigenvalue weighted by Gasteiger charge is -1.80. The third-order valence-corrected chi connectivity index (χ3v) is 0.477. The number of hydrogen-bond acceptors (Lipinski definition) is 4. The molecule has 0 radical (unpaired) electrons. The summed E-state index contributed by atoms with van der Waals surface area (Å²) < 4.78 is 0. The Morgan fingerprint density at radius 1 is 1.40 bits per heavy atom. The van der Waals surface area contributed by atoms with Gasteiger partial charge in [0.05, 0.1) is 6.07 Å². The maximum absolute atomic E-state index is 9.48. The highest BCUT2D eigenvalue weighted by atomic mass is 16.4. The van der Waals surface area contributed by atoms with Crippen LogP contribution < -0.4 is 11.1 Å². The molecule has 0 aliphatic carbocycles. The number of nitrogens with one attached hydrogen (secondary N) is 1. The average Bonchev–Trinajstić information content (AvgIpc) is 2.03. The summed E-state index contributed by atoms with van der Waals surface area (Å²) >= 11 is 0. The lowest BCUT2D eigenvalue weighted by atomic mass is 10.5. The van der Waals surface area contributed by atoms with E-state index in [1.807, 2.05) is 0 Å². The van der Waals surface area contributed by atoms with Gasteiger partial charge in [0.1, 0.15) is 6.42 Å². The third-order valence-electron chi connectivity index (χ3n) is 0.477. The number of amides is 2. The number of aliphatic carboxylic acids is 2. The predicted octanol–water partition coefficient (Wildman–Crippen LogP) is -0.640. The van der Waals surface area contributed by atoms with E-state index in [4.69, 9.17) is 20.3 Å². The van der Waals surface area contributed by atoms with Crippen LogP contribution in [0.2, 0.25) is 0 Å². The van der Waals surface area contributed by atoms with Gasteiger partial charge < -0.3 is 21.3 Å². The molecule has 0 rings (SSSR count). The van der Waals surface area contributed by atoms with Gasteiger partial charge in [-0.2, -0.15) is 5.26 Å². The average molecular weight is 219 g/mol. The number of urea groups is 1. The Morgan fingerprint density at radius 2 is 1.67 bits per heavy atom. The Kier molecular flexibility index (Phi) is 17.5. The second-order valence-corrected chi connectivity index (χ2v) is 1.86. The number of rotatable bonds is 1. The molecule has 0 fully saturated rings. The highest BCUT2D eigenvalue weighted by Gasteiger charge is 1.87. The summed E-state index contributed by atoms with van der Waals surface area (Å²) in [7, 11) is 1.47. The fraction of sp³-hybridized carbons (Fsp3) is 0.429. The number of carbonyl (C=O) groups excluding carboxylic acids is 1. The van der Waals surface area contributed by atoms with Crippen LogP contribution >= 0.6 is 0 Å². The minimum absolute atomic E-state index is 0.403. The maximum atomic E-state index is 9.48. The highest BCUT2D eigenvalue weighted by molar-refractivity contribution is 5.71. The van der Waals surface area contributed by atoms with Gasteiger partial charge in [-0.1, -0.05) is 0 Å². The number of carboxylic acid groups (broad SMARTS) is 2. The minimum atomic E-state index is -1.07. The topological polar surface area (TPSA) is 154 Å². The van der Waals surface area contributed by atoms with Crippen LogP contribution in [0.3, 0.4) is 0 Å². The SMILES string of the molecule is CC(=O)O.CNC(N)=O.N#CCC(=O)O. The quantitative estimate of drug-likeness (QED) is 0.460. The summed E-state index contributed by atoms with van der Waals surface area (Å²) in [5.41, 5.74) is 4.54. The van der Waals surface area contributed by atoms with Crippen LogP contribution in [0.1, 0.15) is 13.3 Å². The van der Waals surface area contributed by atoms with Gasteiger partial charge in [-0.15, -0.1) is 0 Å². The van der Waals surface area contributed by atoms with Gasteiger partial charge in [-0.25, -0.2) is 4.79 Å². The molecule has 0 aromatic heterocycles. The van der Waals surface area contributed by atoms with Crippen molar-refractivity contribution in [3.8, 4) is 6.07 Å². The number of nitriles is 1. The number of primary amides is 1. The molecule has 15 heavy (non-hydrogen) atoms. The van der Waals surface area contributed by atoms with Gasteiger partial charge in [-0.3, -0.25) is 9.59 Å². The van der Waals surface area contributed by atoms with Gasteiger partial charge >= 0.3 is 12.0 Å². The number of carbonyl (C=O) groups is 3. The first kappa shape index (κ1) is 18.5. The first-order chi connectivity index (χ1) is 6.77. The highest BCUT2D eigenvalue weighted by Crippen LogP contribution is 1.68. The van der Waals surface area contributed by atoms with Gasteiger partial charge in [0.25, 0.3) is 5.97 Å². The van der Waals surface area contributed by atoms with Crippen LogP contribution in [0.15, 0.2) is 0 Å². The number of nitrogens with zero attached hydrogens (tertiary/aromatic N) is 1. The van der Waals surface area contributed by atoms with Crippen LogP contribution in [0.25, 0.3) is 0 Å². The van der Waals surface area contributed by atoms with Crippen LogP contribution in [-0.4, -0.2) is 35.2 Å². The largest absolute Gasteiger partial charge is 0.481 e. The van der Waals surface area contributed by atoms with Crippen molar-refractivity contribution >= 4 is 18.0 Å². The molecule has 0 saturated carbocycles. The van der Waals surface area contributed by atoms with E-state index in [0.717, 1.165) is 6.92 Å². The van der Waals surface area contributed by atoms with Crippen LogP contribution in [0.5, 0.6) is 0 Å². The van der Waals surface area contributed by atoms with E-state index in [9.17, 15) is 9.59 Å². The van der Waals surface area contributed by atoms with Crippen molar-refractivity contribution in [2.24, 2.45) is 5.73 Å². The molecule has 0 aliphatic heterocycles. The van der Waals surface area contributed by atoms with Crippen molar-refractivity contribution in [3.05, 3.63) is 0 Å². The first-order valence-corrected chi connectivity index (χ1v) is 3.53. The molecule has 0 heterocycles. The zero-order chi connectivity index (χ0) is 12.9. The van der Waals surface area contributed by atoms with Crippen molar-refractivity contribution in [2.45, 2.75) is 13.3 Å². The fourth-order valence-corrected chi connectivity index (χ4v) is 0.0676. The Labute approximate surface area is 86.3 Å². The molecular weight excluding hydrogens is 206 g/mol. The molecule has 8 nitrogen and oxygen atoms in total. The normalized spacial score (nSPS) is 6.47. The molecule has 8 heteroatoms. The molecule has 0 atom stereocenters. The van der Waals surface area contributed by atoms with Gasteiger partial charge in [0.2, 0.25) is 0 Å². The molecular formula is C7H13N3O5. The Hall–Kier alpha value is -2.30. The molecule has 0 aromatic carbocycles. The van der Waals surface area contributed by atoms with E-state index in [0.29, 0.717) is 0 Å². The van der Waals surface area contributed by atoms with Crippen molar-refractivity contribution in [3.63, 3.8) is 0 Å². The van der Waals surface area contributed by atoms with Crippen LogP contribution in [-0.2, 0) is 9.59 Å². The molecule has 0 aliphatic rings. The summed E-state index contributed by atoms with van der Waals surface area (Å²) in [6, 6.07) is 0.972. The fourth-order valence-electron chi connectivity index (χ4n) is 0.0676. The predicted molar refractivity (Wildman–Crippen MR) is 49.8 cm³/mol. The molecule has 86 valence electrons. The van der Waals surface area contributed by atoms with Crippen molar-refractivity contribution < 1.29 is 24.6 Å². The lowest BCUT2D eigenvalue weighted by molar-refractivity contribution is -0.136. The van der Waals surface area contributed by atoms with Crippen molar-refractivity contribution in [1.29, 1.82) is 5.26 Å². The van der Waals surface area contributed by atoms with Crippen LogP contribution in [0.4, 0.5) is 4.79 Å². The summed E-state index contributed by atoms with van der Waals surface area (Å²) in [6.07, 6.45) is -0.403. The Balaban J connectivity index is -0.000000147. The monoisotopic (exact) mass is 219 g/mol. The van der Waals surface area contributed by atoms with Gasteiger partial charge in [-0.05, 0) is 0 Å². The number of carboxylic acids is 2. The Bertz CT molecular complexity index is 242. The van der Waals surface area contributed by atoms with E-state index in [-0.39, 0.29) is 0 Å². The number of hydrogen-bond donors (Lipinski definition) is 4. The summed E-state index contributed by atoms with van der Waals surface area (Å²) in [5, 5.41) is 24.9. The standard InChI is InChI=1S/C3H3NO2.C2H6N2O.C2H4O2/c4-2-1-3(5)6;1-4-2(3)5;1-2(3)4/h1H2,(H,5,6);1H3,(H3,3,4,5);1H3,(H,3,4). The van der Waals surface area contributed by atoms with Crippen LogP contribution in [0, 0.1) is 11.3 Å². The third kappa shape index (κ3) is 151. The maximum Gasteiger partial charge on any atom is 0.317 e. The lowest BCUT2D eigenvalue weighted by Crippen LogP contribution is -2.24. The molecule has 2 amide bonds. The van der Waals surface area contributed by atoms with E-state index in [1.165, 1.54) is 13.1 Å². The first-order valence-electron chi connectivity index (χ1n) is 3.53. The summed E-state index contributed by atoms with van der Waals surface area (Å²) in [6.45, 7) is 1.08. The summed E-state index contributed by atoms with van der Waals surface area (Å²) in [5.74, 6) is -1.91. The van der Waals surface area contributed by atoms with Crippen molar-refractivity contribution in [1.82, 2.24) is 5.32 Å². The molecule has 0 unspecified atom stereocenters. The van der Waals surface area contributed by atoms with Gasteiger partial charge in [0.15, 0.2) is 0 Å². The van der Waals surface area contributed by atoms with E-state index in [1.54, 1.807) is 0 Å². The molecule has 5 N–H and O–H groups in total. The van der Waals surface area contributed by atoms with Gasteiger partial charge in [0, 0.05) is 14.0 Å². The van der Waals surface area contributed by atoms with Crippen molar-refractivity contribution in [2.75, 3.05) is 7.05 Å². The smallest absolute Gasteiger partial charge is 0.317 e. The molecule has 0 saturated heterocycles. The molecule has 0 aromatic rings. The molecule has 0 spiro atoms. The zero-order valence-corrected chi connectivity index (χ0v) is 8.35. The minimum Gasteiger partial charge on any atom is -0.481 e. The second kappa shape index (κ2) is 14.2.